The molecule has 0 saturated carbocycles. The molecule has 1 saturated heterocycles. The van der Waals surface area contributed by atoms with Crippen molar-refractivity contribution >= 4 is 23.3 Å². The highest BCUT2D eigenvalue weighted by molar-refractivity contribution is 5.89. The van der Waals surface area contributed by atoms with E-state index in [1.165, 1.54) is 19.3 Å². The minimum atomic E-state index is -0.353. The summed E-state index contributed by atoms with van der Waals surface area (Å²) >= 11 is 0. The first-order chi connectivity index (χ1) is 14.5. The molecule has 6 nitrogen and oxygen atoms in total. The van der Waals surface area contributed by atoms with Crippen LogP contribution in [0.25, 0.3) is 0 Å². The van der Waals surface area contributed by atoms with Crippen molar-refractivity contribution in [3.05, 3.63) is 59.2 Å². The van der Waals surface area contributed by atoms with E-state index in [1.54, 1.807) is 31.2 Å². The fraction of sp³-hybridized carbons (Fsp3) is 0.417. The molecule has 0 aromatic heterocycles. The average Bonchev–Trinajstić information content (AvgIpc) is 2.75. The number of benzene rings is 2. The van der Waals surface area contributed by atoms with Gasteiger partial charge >= 0.3 is 5.97 Å². The first-order valence-electron chi connectivity index (χ1n) is 10.7. The summed E-state index contributed by atoms with van der Waals surface area (Å²) in [4.78, 5) is 26.8. The van der Waals surface area contributed by atoms with Gasteiger partial charge in [0.15, 0.2) is 0 Å². The summed E-state index contributed by atoms with van der Waals surface area (Å²) < 4.78 is 4.99. The first kappa shape index (κ1) is 21.7. The number of anilines is 2. The van der Waals surface area contributed by atoms with Crippen molar-refractivity contribution in [1.82, 2.24) is 5.32 Å². The molecule has 1 heterocycles. The van der Waals surface area contributed by atoms with Gasteiger partial charge in [-0.2, -0.15) is 0 Å². The number of hydrogen-bond acceptors (Lipinski definition) is 5. The molecule has 1 amide bonds. The summed E-state index contributed by atoms with van der Waals surface area (Å²) in [7, 11) is 0. The number of nitrogens with zero attached hydrogens (tertiary/aromatic N) is 1. The lowest BCUT2D eigenvalue weighted by Crippen LogP contribution is -2.33. The van der Waals surface area contributed by atoms with Gasteiger partial charge in [0.1, 0.15) is 0 Å². The highest BCUT2D eigenvalue weighted by Crippen LogP contribution is 2.30. The fourth-order valence-electron chi connectivity index (χ4n) is 3.87. The highest BCUT2D eigenvalue weighted by atomic mass is 16.5. The number of nitrogens with one attached hydrogen (secondary N) is 1. The van der Waals surface area contributed by atoms with E-state index in [2.05, 4.69) is 16.3 Å². The molecule has 0 aliphatic carbocycles. The SMILES string of the molecule is CCOC(=O)c1ccc(CC(=O)NC(C)c2cc(N)ccc2N2CCCCC2)cc1. The van der Waals surface area contributed by atoms with Crippen LogP contribution >= 0.6 is 0 Å². The lowest BCUT2D eigenvalue weighted by atomic mass is 10.0. The van der Waals surface area contributed by atoms with E-state index >= 15 is 0 Å². The second-order valence-electron chi connectivity index (χ2n) is 7.75. The Hall–Kier alpha value is -3.02. The van der Waals surface area contributed by atoms with Gasteiger partial charge in [0, 0.05) is 24.5 Å². The third-order valence-electron chi connectivity index (χ3n) is 5.42. The van der Waals surface area contributed by atoms with Crippen molar-refractivity contribution in [2.24, 2.45) is 0 Å². The summed E-state index contributed by atoms with van der Waals surface area (Å²) in [5.41, 5.74) is 10.3. The standard InChI is InChI=1S/C24H31N3O3/c1-3-30-24(29)19-9-7-18(8-10-19)15-23(28)26-17(2)21-16-20(25)11-12-22(21)27-13-5-4-6-14-27/h7-12,16-17H,3-6,13-15,25H2,1-2H3,(H,26,28). The topological polar surface area (TPSA) is 84.7 Å². The maximum atomic E-state index is 12.6. The molecule has 2 aromatic carbocycles. The molecule has 6 heteroatoms. The molecule has 3 rings (SSSR count). The molecule has 0 radical (unpaired) electrons. The highest BCUT2D eigenvalue weighted by Gasteiger charge is 2.19. The Labute approximate surface area is 178 Å². The number of amides is 1. The zero-order chi connectivity index (χ0) is 21.5. The molecule has 1 unspecified atom stereocenters. The second-order valence-corrected chi connectivity index (χ2v) is 7.75. The maximum absolute atomic E-state index is 12.6. The molecule has 0 spiro atoms. The van der Waals surface area contributed by atoms with Crippen molar-refractivity contribution in [3.8, 4) is 0 Å². The van der Waals surface area contributed by atoms with Crippen LogP contribution in [-0.4, -0.2) is 31.6 Å². The van der Waals surface area contributed by atoms with Gasteiger partial charge in [-0.05, 0) is 74.6 Å². The fourth-order valence-corrected chi connectivity index (χ4v) is 3.87. The average molecular weight is 410 g/mol. The van der Waals surface area contributed by atoms with Crippen molar-refractivity contribution in [3.63, 3.8) is 0 Å². The molecule has 0 bridgehead atoms. The van der Waals surface area contributed by atoms with Crippen LogP contribution in [0.4, 0.5) is 11.4 Å². The molecule has 1 aliphatic heterocycles. The van der Waals surface area contributed by atoms with Gasteiger partial charge in [-0.1, -0.05) is 12.1 Å². The third kappa shape index (κ3) is 5.53. The van der Waals surface area contributed by atoms with E-state index in [-0.39, 0.29) is 24.3 Å². The first-order valence-corrected chi connectivity index (χ1v) is 10.7. The number of carbonyl (C=O) groups is 2. The van der Waals surface area contributed by atoms with Crippen molar-refractivity contribution in [1.29, 1.82) is 0 Å². The normalized spacial score (nSPS) is 14.8. The zero-order valence-electron chi connectivity index (χ0n) is 17.8. The molecular weight excluding hydrogens is 378 g/mol. The van der Waals surface area contributed by atoms with Crippen molar-refractivity contribution in [2.45, 2.75) is 45.6 Å². The summed E-state index contributed by atoms with van der Waals surface area (Å²) in [5, 5.41) is 3.10. The Kier molecular flexibility index (Phi) is 7.33. The number of nitrogen functional groups attached to an aromatic ring is 1. The Balaban J connectivity index is 1.65. The third-order valence-corrected chi connectivity index (χ3v) is 5.42. The van der Waals surface area contributed by atoms with Gasteiger partial charge in [-0.15, -0.1) is 0 Å². The maximum Gasteiger partial charge on any atom is 0.338 e. The van der Waals surface area contributed by atoms with Crippen molar-refractivity contribution in [2.75, 3.05) is 30.3 Å². The lowest BCUT2D eigenvalue weighted by molar-refractivity contribution is -0.121. The van der Waals surface area contributed by atoms with E-state index in [0.717, 1.165) is 29.9 Å². The Morgan fingerprint density at radius 3 is 2.47 bits per heavy atom. The van der Waals surface area contributed by atoms with Gasteiger partial charge in [-0.25, -0.2) is 4.79 Å². The summed E-state index contributed by atoms with van der Waals surface area (Å²) in [6, 6.07) is 12.7. The second kappa shape index (κ2) is 10.1. The molecule has 1 aliphatic rings. The Bertz CT molecular complexity index is 874. The lowest BCUT2D eigenvalue weighted by Gasteiger charge is -2.32. The number of ether oxygens (including phenoxy) is 1. The number of nitrogens with two attached hydrogens (primary N) is 1. The van der Waals surface area contributed by atoms with Gasteiger partial charge in [0.05, 0.1) is 24.6 Å². The van der Waals surface area contributed by atoms with E-state index in [9.17, 15) is 9.59 Å². The molecular formula is C24H31N3O3. The zero-order valence-corrected chi connectivity index (χ0v) is 17.8. The van der Waals surface area contributed by atoms with Crippen molar-refractivity contribution < 1.29 is 14.3 Å². The minimum Gasteiger partial charge on any atom is -0.462 e. The van der Waals surface area contributed by atoms with E-state index in [0.29, 0.717) is 17.9 Å². The number of rotatable bonds is 7. The molecule has 3 N–H and O–H groups in total. The van der Waals surface area contributed by atoms with Crippen LogP contribution in [0.1, 0.15) is 60.6 Å². The Morgan fingerprint density at radius 1 is 1.10 bits per heavy atom. The van der Waals surface area contributed by atoms with E-state index in [4.69, 9.17) is 10.5 Å². The predicted octanol–water partition coefficient (Wildman–Crippen LogP) is 3.86. The molecule has 2 aromatic rings. The summed E-state index contributed by atoms with van der Waals surface area (Å²) in [6.45, 7) is 6.16. The smallest absolute Gasteiger partial charge is 0.338 e. The molecule has 1 fully saturated rings. The predicted molar refractivity (Wildman–Crippen MR) is 120 cm³/mol. The monoisotopic (exact) mass is 409 g/mol. The van der Waals surface area contributed by atoms with Gasteiger partial charge in [0.2, 0.25) is 5.91 Å². The van der Waals surface area contributed by atoms with Gasteiger partial charge in [-0.3, -0.25) is 4.79 Å². The number of esters is 1. The Morgan fingerprint density at radius 2 is 1.80 bits per heavy atom. The van der Waals surface area contributed by atoms with Gasteiger partial charge < -0.3 is 20.7 Å². The molecule has 1 atom stereocenters. The quantitative estimate of drug-likeness (QED) is 0.536. The molecule has 30 heavy (non-hydrogen) atoms. The largest absolute Gasteiger partial charge is 0.462 e. The van der Waals surface area contributed by atoms with Crippen LogP contribution in [0.3, 0.4) is 0 Å². The van der Waals surface area contributed by atoms with E-state index in [1.807, 2.05) is 19.1 Å². The summed E-state index contributed by atoms with van der Waals surface area (Å²) in [5.74, 6) is -0.424. The number of hydrogen-bond donors (Lipinski definition) is 2. The van der Waals surface area contributed by atoms with Crippen LogP contribution in [-0.2, 0) is 16.0 Å². The number of piperidine rings is 1. The number of carbonyl (C=O) groups excluding carboxylic acids is 2. The van der Waals surface area contributed by atoms with Crippen LogP contribution in [0.5, 0.6) is 0 Å². The minimum absolute atomic E-state index is 0.0709. The van der Waals surface area contributed by atoms with Crippen LogP contribution in [0.2, 0.25) is 0 Å². The molecule has 160 valence electrons. The van der Waals surface area contributed by atoms with Crippen LogP contribution in [0, 0.1) is 0 Å². The van der Waals surface area contributed by atoms with Crippen LogP contribution < -0.4 is 16.0 Å². The van der Waals surface area contributed by atoms with Gasteiger partial charge in [0.25, 0.3) is 0 Å². The van der Waals surface area contributed by atoms with E-state index < -0.39 is 0 Å². The van der Waals surface area contributed by atoms with Crippen LogP contribution in [0.15, 0.2) is 42.5 Å². The summed E-state index contributed by atoms with van der Waals surface area (Å²) in [6.07, 6.45) is 3.88.